The molecule has 3 aromatic rings. The number of hydrogen-bond donors (Lipinski definition) is 0. The summed E-state index contributed by atoms with van der Waals surface area (Å²) >= 11 is 0. The maximum atomic E-state index is 12.4. The van der Waals surface area contributed by atoms with Gasteiger partial charge in [-0.2, -0.15) is 10.4 Å². The molecule has 0 spiro atoms. The van der Waals surface area contributed by atoms with Crippen LogP contribution in [-0.4, -0.2) is 35.6 Å². The number of nitriles is 1. The summed E-state index contributed by atoms with van der Waals surface area (Å²) in [4.78, 5) is 12.4. The van der Waals surface area contributed by atoms with Gasteiger partial charge in [-0.3, -0.25) is 4.68 Å². The maximum Gasteiger partial charge on any atom is 0.349 e. The predicted octanol–water partition coefficient (Wildman–Crippen LogP) is 4.08. The molecule has 0 bridgehead atoms. The number of hydrogen-bond acceptors (Lipinski definition) is 5. The number of carbonyl (C=O) groups excluding carboxylic acids is 1. The van der Waals surface area contributed by atoms with Gasteiger partial charge in [0.25, 0.3) is 0 Å². The SMILES string of the molecule is COC[C@H](C)OC(=O)/C(C#N)=C/c1cn(Cc2ccccc2)nc1-c1ccccc1. The van der Waals surface area contributed by atoms with Gasteiger partial charge in [-0.1, -0.05) is 60.7 Å². The van der Waals surface area contributed by atoms with Gasteiger partial charge in [-0.25, -0.2) is 4.79 Å². The molecule has 1 heterocycles. The van der Waals surface area contributed by atoms with E-state index >= 15 is 0 Å². The van der Waals surface area contributed by atoms with Crippen LogP contribution in [0.2, 0.25) is 0 Å². The first-order chi connectivity index (χ1) is 14.6. The average molecular weight is 401 g/mol. The van der Waals surface area contributed by atoms with E-state index < -0.39 is 12.1 Å². The number of ether oxygens (including phenoxy) is 2. The molecule has 0 saturated heterocycles. The molecule has 0 fully saturated rings. The van der Waals surface area contributed by atoms with Crippen molar-refractivity contribution in [1.29, 1.82) is 5.26 Å². The van der Waals surface area contributed by atoms with E-state index in [4.69, 9.17) is 14.6 Å². The van der Waals surface area contributed by atoms with Gasteiger partial charge in [0.2, 0.25) is 0 Å². The number of esters is 1. The zero-order valence-corrected chi connectivity index (χ0v) is 17.0. The van der Waals surface area contributed by atoms with E-state index in [-0.39, 0.29) is 12.2 Å². The molecule has 3 rings (SSSR count). The molecule has 30 heavy (non-hydrogen) atoms. The number of aromatic nitrogens is 2. The Hall–Kier alpha value is -3.69. The number of nitrogens with zero attached hydrogens (tertiary/aromatic N) is 3. The maximum absolute atomic E-state index is 12.4. The molecular formula is C24H23N3O3. The molecule has 0 saturated carbocycles. The molecular weight excluding hydrogens is 378 g/mol. The van der Waals surface area contributed by atoms with Crippen LogP contribution >= 0.6 is 0 Å². The highest BCUT2D eigenvalue weighted by atomic mass is 16.6. The van der Waals surface area contributed by atoms with Crippen molar-refractivity contribution in [3.8, 4) is 17.3 Å². The van der Waals surface area contributed by atoms with Crippen LogP contribution in [0.15, 0.2) is 72.4 Å². The normalized spacial score (nSPS) is 12.2. The second kappa shape index (κ2) is 10.2. The van der Waals surface area contributed by atoms with E-state index in [1.54, 1.807) is 11.6 Å². The summed E-state index contributed by atoms with van der Waals surface area (Å²) in [6.45, 7) is 2.55. The summed E-state index contributed by atoms with van der Waals surface area (Å²) in [6.07, 6.45) is 2.91. The smallest absolute Gasteiger partial charge is 0.349 e. The van der Waals surface area contributed by atoms with Crippen LogP contribution in [0.4, 0.5) is 0 Å². The third kappa shape index (κ3) is 5.43. The lowest BCUT2D eigenvalue weighted by molar-refractivity contribution is -0.145. The highest BCUT2D eigenvalue weighted by molar-refractivity contribution is 5.98. The highest BCUT2D eigenvalue weighted by Gasteiger charge is 2.17. The largest absolute Gasteiger partial charge is 0.456 e. The molecule has 6 heteroatoms. The van der Waals surface area contributed by atoms with Crippen molar-refractivity contribution >= 4 is 12.0 Å². The van der Waals surface area contributed by atoms with Crippen molar-refractivity contribution in [2.75, 3.05) is 13.7 Å². The standard InChI is InChI=1S/C24H23N3O3/c1-18(17-29-2)30-24(28)21(14-25)13-22-16-27(15-19-9-5-3-6-10-19)26-23(22)20-11-7-4-8-12-20/h3-13,16,18H,15,17H2,1-2H3/b21-13+/t18-/m0/s1. The molecule has 0 amide bonds. The van der Waals surface area contributed by atoms with E-state index in [1.165, 1.54) is 13.2 Å². The van der Waals surface area contributed by atoms with Crippen LogP contribution in [-0.2, 0) is 20.8 Å². The van der Waals surface area contributed by atoms with Crippen LogP contribution in [0.3, 0.4) is 0 Å². The Balaban J connectivity index is 1.96. The summed E-state index contributed by atoms with van der Waals surface area (Å²) in [7, 11) is 1.53. The first-order valence-corrected chi connectivity index (χ1v) is 9.59. The topological polar surface area (TPSA) is 77.1 Å². The van der Waals surface area contributed by atoms with E-state index in [2.05, 4.69) is 0 Å². The number of rotatable bonds is 8. The fourth-order valence-electron chi connectivity index (χ4n) is 3.02. The predicted molar refractivity (Wildman–Crippen MR) is 114 cm³/mol. The molecule has 0 aliphatic rings. The van der Waals surface area contributed by atoms with Gasteiger partial charge in [0, 0.05) is 24.4 Å². The molecule has 0 unspecified atom stereocenters. The Morgan fingerprint density at radius 2 is 1.83 bits per heavy atom. The molecule has 1 aromatic heterocycles. The zero-order chi connectivity index (χ0) is 21.3. The first-order valence-electron chi connectivity index (χ1n) is 9.59. The highest BCUT2D eigenvalue weighted by Crippen LogP contribution is 2.25. The lowest BCUT2D eigenvalue weighted by Gasteiger charge is -2.11. The second-order valence-electron chi connectivity index (χ2n) is 6.82. The quantitative estimate of drug-likeness (QED) is 0.323. The Morgan fingerprint density at radius 3 is 2.47 bits per heavy atom. The van der Waals surface area contributed by atoms with Gasteiger partial charge in [0.1, 0.15) is 17.7 Å². The molecule has 0 aliphatic carbocycles. The fraction of sp³-hybridized carbons (Fsp3) is 0.208. The molecule has 152 valence electrons. The molecule has 0 aliphatic heterocycles. The number of benzene rings is 2. The lowest BCUT2D eigenvalue weighted by Crippen LogP contribution is -2.20. The van der Waals surface area contributed by atoms with E-state index in [0.717, 1.165) is 11.1 Å². The minimum Gasteiger partial charge on any atom is -0.456 e. The third-order valence-corrected chi connectivity index (χ3v) is 4.37. The monoisotopic (exact) mass is 401 g/mol. The van der Waals surface area contributed by atoms with E-state index in [9.17, 15) is 10.1 Å². The van der Waals surface area contributed by atoms with Crippen molar-refractivity contribution in [2.24, 2.45) is 0 Å². The number of methoxy groups -OCH3 is 1. The van der Waals surface area contributed by atoms with Gasteiger partial charge in [-0.15, -0.1) is 0 Å². The Labute approximate surface area is 176 Å². The van der Waals surface area contributed by atoms with E-state index in [0.29, 0.717) is 17.8 Å². The van der Waals surface area contributed by atoms with Gasteiger partial charge >= 0.3 is 5.97 Å². The molecule has 0 radical (unpaired) electrons. The molecule has 0 N–H and O–H groups in total. The third-order valence-electron chi connectivity index (χ3n) is 4.37. The van der Waals surface area contributed by atoms with Crippen molar-refractivity contribution in [3.05, 3.63) is 83.6 Å². The van der Waals surface area contributed by atoms with Crippen LogP contribution in [0.1, 0.15) is 18.1 Å². The molecule has 2 aromatic carbocycles. The Bertz CT molecular complexity index is 1050. The minimum absolute atomic E-state index is 0.0885. The fourth-order valence-corrected chi connectivity index (χ4v) is 3.02. The lowest BCUT2D eigenvalue weighted by atomic mass is 10.1. The Morgan fingerprint density at radius 1 is 1.17 bits per heavy atom. The van der Waals surface area contributed by atoms with Crippen LogP contribution < -0.4 is 0 Å². The molecule has 1 atom stereocenters. The van der Waals surface area contributed by atoms with E-state index in [1.807, 2.05) is 72.9 Å². The van der Waals surface area contributed by atoms with Crippen molar-refractivity contribution in [2.45, 2.75) is 19.6 Å². The minimum atomic E-state index is -0.683. The second-order valence-corrected chi connectivity index (χ2v) is 6.82. The van der Waals surface area contributed by atoms with Gasteiger partial charge in [-0.05, 0) is 18.6 Å². The summed E-state index contributed by atoms with van der Waals surface area (Å²) in [5, 5.41) is 14.2. The summed E-state index contributed by atoms with van der Waals surface area (Å²) in [5.41, 5.74) is 3.27. The summed E-state index contributed by atoms with van der Waals surface area (Å²) < 4.78 is 12.1. The van der Waals surface area contributed by atoms with Crippen molar-refractivity contribution in [3.63, 3.8) is 0 Å². The Kier molecular flexibility index (Phi) is 7.14. The van der Waals surface area contributed by atoms with Gasteiger partial charge in [0.05, 0.1) is 18.8 Å². The van der Waals surface area contributed by atoms with Crippen molar-refractivity contribution in [1.82, 2.24) is 9.78 Å². The van der Waals surface area contributed by atoms with Crippen LogP contribution in [0.25, 0.3) is 17.3 Å². The van der Waals surface area contributed by atoms with Gasteiger partial charge < -0.3 is 9.47 Å². The van der Waals surface area contributed by atoms with Crippen molar-refractivity contribution < 1.29 is 14.3 Å². The summed E-state index contributed by atoms with van der Waals surface area (Å²) in [6, 6.07) is 21.6. The number of carbonyl (C=O) groups is 1. The summed E-state index contributed by atoms with van der Waals surface area (Å²) in [5.74, 6) is -0.683. The van der Waals surface area contributed by atoms with Crippen LogP contribution in [0, 0.1) is 11.3 Å². The average Bonchev–Trinajstić information content (AvgIpc) is 3.15. The zero-order valence-electron chi connectivity index (χ0n) is 17.0. The van der Waals surface area contributed by atoms with Gasteiger partial charge in [0.15, 0.2) is 0 Å². The van der Waals surface area contributed by atoms with Crippen LogP contribution in [0.5, 0.6) is 0 Å². The molecule has 6 nitrogen and oxygen atoms in total. The first kappa shape index (κ1) is 21.0.